The van der Waals surface area contributed by atoms with E-state index in [1.807, 2.05) is 24.3 Å². The highest BCUT2D eigenvalue weighted by molar-refractivity contribution is 6.30. The first kappa shape index (κ1) is 15.1. The van der Waals surface area contributed by atoms with Crippen molar-refractivity contribution >= 4 is 23.3 Å². The van der Waals surface area contributed by atoms with Gasteiger partial charge < -0.3 is 15.0 Å². The van der Waals surface area contributed by atoms with Crippen molar-refractivity contribution in [3.8, 4) is 0 Å². The van der Waals surface area contributed by atoms with Crippen LogP contribution in [0.5, 0.6) is 0 Å². The van der Waals surface area contributed by atoms with Crippen molar-refractivity contribution in [2.24, 2.45) is 0 Å². The minimum atomic E-state index is -0.631. The molecule has 5 heteroatoms. The molecule has 1 aromatic rings. The van der Waals surface area contributed by atoms with Crippen LogP contribution in [-0.4, -0.2) is 43.2 Å². The number of esters is 1. The summed E-state index contributed by atoms with van der Waals surface area (Å²) in [6.45, 7) is 4.94. The Kier molecular flexibility index (Phi) is 4.89. The lowest BCUT2D eigenvalue weighted by molar-refractivity contribution is -0.147. The number of halogens is 1. The van der Waals surface area contributed by atoms with Gasteiger partial charge in [-0.15, -0.1) is 0 Å². The fraction of sp³-hybridized carbons (Fsp3) is 0.533. The summed E-state index contributed by atoms with van der Waals surface area (Å²) < 4.78 is 5.01. The molecule has 0 saturated carbocycles. The molecule has 1 saturated heterocycles. The Morgan fingerprint density at radius 3 is 2.45 bits per heavy atom. The van der Waals surface area contributed by atoms with E-state index in [4.69, 9.17) is 16.3 Å². The Labute approximate surface area is 125 Å². The number of methoxy groups -OCH3 is 1. The molecule has 1 aliphatic rings. The van der Waals surface area contributed by atoms with E-state index in [0.717, 1.165) is 38.2 Å². The van der Waals surface area contributed by atoms with Gasteiger partial charge in [0.2, 0.25) is 0 Å². The summed E-state index contributed by atoms with van der Waals surface area (Å²) in [6, 6.07) is 7.41. The number of hydrogen-bond donors (Lipinski definition) is 1. The Bertz CT molecular complexity index is 453. The Morgan fingerprint density at radius 1 is 1.35 bits per heavy atom. The van der Waals surface area contributed by atoms with Gasteiger partial charge in [0.15, 0.2) is 0 Å². The molecule has 20 heavy (non-hydrogen) atoms. The lowest BCUT2D eigenvalue weighted by Gasteiger charge is -2.40. The first-order chi connectivity index (χ1) is 9.59. The van der Waals surface area contributed by atoms with E-state index < -0.39 is 5.54 Å². The van der Waals surface area contributed by atoms with Crippen molar-refractivity contribution in [2.45, 2.75) is 25.3 Å². The molecule has 1 aromatic carbocycles. The van der Waals surface area contributed by atoms with Crippen LogP contribution in [0.2, 0.25) is 5.02 Å². The Balaban J connectivity index is 2.16. The lowest BCUT2D eigenvalue weighted by Crippen LogP contribution is -2.54. The topological polar surface area (TPSA) is 41.6 Å². The molecule has 4 nitrogen and oxygen atoms in total. The SMILES string of the molecule is CCN1CCC(Nc2ccc(Cl)cc2)(C(=O)OC)CC1. The van der Waals surface area contributed by atoms with Crippen LogP contribution in [0, 0.1) is 0 Å². The Morgan fingerprint density at radius 2 is 1.95 bits per heavy atom. The second-order valence-corrected chi connectivity index (χ2v) is 5.58. The highest BCUT2D eigenvalue weighted by atomic mass is 35.5. The molecule has 0 unspecified atom stereocenters. The molecule has 2 rings (SSSR count). The minimum absolute atomic E-state index is 0.191. The van der Waals surface area contributed by atoms with Crippen LogP contribution in [0.15, 0.2) is 24.3 Å². The molecule has 0 bridgehead atoms. The molecule has 0 aliphatic carbocycles. The summed E-state index contributed by atoms with van der Waals surface area (Å²) in [5, 5.41) is 4.04. The van der Waals surface area contributed by atoms with E-state index in [2.05, 4.69) is 17.1 Å². The van der Waals surface area contributed by atoms with Crippen LogP contribution in [0.25, 0.3) is 0 Å². The van der Waals surface area contributed by atoms with Crippen molar-refractivity contribution in [1.29, 1.82) is 0 Å². The van der Waals surface area contributed by atoms with E-state index in [1.54, 1.807) is 0 Å². The predicted molar refractivity (Wildman–Crippen MR) is 81.2 cm³/mol. The van der Waals surface area contributed by atoms with Crippen molar-refractivity contribution in [3.05, 3.63) is 29.3 Å². The van der Waals surface area contributed by atoms with E-state index in [1.165, 1.54) is 7.11 Å². The largest absolute Gasteiger partial charge is 0.467 e. The molecule has 0 spiro atoms. The first-order valence-corrected chi connectivity index (χ1v) is 7.32. The molecule has 0 aromatic heterocycles. The fourth-order valence-electron chi connectivity index (χ4n) is 2.64. The number of nitrogens with one attached hydrogen (secondary N) is 1. The third kappa shape index (κ3) is 3.25. The summed E-state index contributed by atoms with van der Waals surface area (Å²) in [4.78, 5) is 14.6. The average Bonchev–Trinajstić information content (AvgIpc) is 2.49. The van der Waals surface area contributed by atoms with Gasteiger partial charge in [-0.25, -0.2) is 4.79 Å². The van der Waals surface area contributed by atoms with Gasteiger partial charge in [-0.2, -0.15) is 0 Å². The number of anilines is 1. The van der Waals surface area contributed by atoms with Gasteiger partial charge in [0, 0.05) is 23.8 Å². The monoisotopic (exact) mass is 296 g/mol. The van der Waals surface area contributed by atoms with E-state index >= 15 is 0 Å². The van der Waals surface area contributed by atoms with Crippen molar-refractivity contribution < 1.29 is 9.53 Å². The highest BCUT2D eigenvalue weighted by Crippen LogP contribution is 2.29. The van der Waals surface area contributed by atoms with Crippen molar-refractivity contribution in [2.75, 3.05) is 32.1 Å². The van der Waals surface area contributed by atoms with Crippen LogP contribution in [0.1, 0.15) is 19.8 Å². The van der Waals surface area contributed by atoms with Crippen molar-refractivity contribution in [1.82, 2.24) is 4.90 Å². The molecular weight excluding hydrogens is 276 g/mol. The van der Waals surface area contributed by atoms with Crippen LogP contribution < -0.4 is 5.32 Å². The van der Waals surface area contributed by atoms with Gasteiger partial charge in [-0.05, 0) is 43.7 Å². The van der Waals surface area contributed by atoms with E-state index in [9.17, 15) is 4.79 Å². The second-order valence-electron chi connectivity index (χ2n) is 5.14. The summed E-state index contributed by atoms with van der Waals surface area (Å²) in [5.74, 6) is -0.191. The van der Waals surface area contributed by atoms with Gasteiger partial charge in [-0.3, -0.25) is 0 Å². The maximum absolute atomic E-state index is 12.2. The zero-order chi connectivity index (χ0) is 14.6. The number of ether oxygens (including phenoxy) is 1. The number of hydrogen-bond acceptors (Lipinski definition) is 4. The number of rotatable bonds is 4. The summed E-state index contributed by atoms with van der Waals surface area (Å²) in [6.07, 6.45) is 1.49. The summed E-state index contributed by atoms with van der Waals surface area (Å²) >= 11 is 5.89. The molecule has 1 fully saturated rings. The number of benzene rings is 1. The zero-order valence-electron chi connectivity index (χ0n) is 12.0. The molecule has 1 heterocycles. The second kappa shape index (κ2) is 6.46. The van der Waals surface area contributed by atoms with Crippen molar-refractivity contribution in [3.63, 3.8) is 0 Å². The molecular formula is C15H21ClN2O2. The first-order valence-electron chi connectivity index (χ1n) is 6.94. The predicted octanol–water partition coefficient (Wildman–Crippen LogP) is 2.78. The Hall–Kier alpha value is -1.26. The van der Waals surface area contributed by atoms with E-state index in [-0.39, 0.29) is 5.97 Å². The van der Waals surface area contributed by atoms with Crippen LogP contribution in [0.3, 0.4) is 0 Å². The van der Waals surface area contributed by atoms with Crippen LogP contribution in [-0.2, 0) is 9.53 Å². The third-order valence-corrected chi connectivity index (χ3v) is 4.21. The highest BCUT2D eigenvalue weighted by Gasteiger charge is 2.42. The fourth-order valence-corrected chi connectivity index (χ4v) is 2.76. The minimum Gasteiger partial charge on any atom is -0.467 e. The molecule has 1 N–H and O–H groups in total. The van der Waals surface area contributed by atoms with E-state index in [0.29, 0.717) is 5.02 Å². The molecule has 0 atom stereocenters. The smallest absolute Gasteiger partial charge is 0.331 e. The van der Waals surface area contributed by atoms with Gasteiger partial charge in [0.25, 0.3) is 0 Å². The summed E-state index contributed by atoms with van der Waals surface area (Å²) in [7, 11) is 1.44. The third-order valence-electron chi connectivity index (χ3n) is 3.96. The number of carbonyl (C=O) groups excluding carboxylic acids is 1. The number of piperidine rings is 1. The number of nitrogens with zero attached hydrogens (tertiary/aromatic N) is 1. The molecule has 110 valence electrons. The summed E-state index contributed by atoms with van der Waals surface area (Å²) in [5.41, 5.74) is 0.263. The van der Waals surface area contributed by atoms with Gasteiger partial charge in [-0.1, -0.05) is 18.5 Å². The molecule has 0 radical (unpaired) electrons. The number of likely N-dealkylation sites (tertiary alicyclic amines) is 1. The lowest BCUT2D eigenvalue weighted by atomic mass is 9.87. The molecule has 0 amide bonds. The maximum Gasteiger partial charge on any atom is 0.331 e. The van der Waals surface area contributed by atoms with Gasteiger partial charge in [0.05, 0.1) is 7.11 Å². The van der Waals surface area contributed by atoms with Gasteiger partial charge in [0.1, 0.15) is 5.54 Å². The van der Waals surface area contributed by atoms with Crippen LogP contribution in [0.4, 0.5) is 5.69 Å². The normalized spacial score (nSPS) is 18.6. The number of carbonyl (C=O) groups is 1. The average molecular weight is 297 g/mol. The zero-order valence-corrected chi connectivity index (χ0v) is 12.7. The van der Waals surface area contributed by atoms with Crippen LogP contribution >= 0.6 is 11.6 Å². The quantitative estimate of drug-likeness (QED) is 0.868. The maximum atomic E-state index is 12.2. The molecule has 1 aliphatic heterocycles. The van der Waals surface area contributed by atoms with Gasteiger partial charge >= 0.3 is 5.97 Å². The standard InChI is InChI=1S/C15H21ClN2O2/c1-3-18-10-8-15(9-11-18,14(19)20-2)17-13-6-4-12(16)5-7-13/h4-7,17H,3,8-11H2,1-2H3.